The fraction of sp³-hybridized carbons (Fsp3) is 0.400. The van der Waals surface area contributed by atoms with Crippen LogP contribution < -0.4 is 15.4 Å². The van der Waals surface area contributed by atoms with E-state index in [0.717, 1.165) is 51.4 Å². The van der Waals surface area contributed by atoms with Gasteiger partial charge in [-0.2, -0.15) is 0 Å². The van der Waals surface area contributed by atoms with Crippen LogP contribution in [0, 0.1) is 0 Å². The molecule has 2 aromatic carbocycles. The molecule has 5 rings (SSSR count). The van der Waals surface area contributed by atoms with Crippen LogP contribution in [0.5, 0.6) is 0 Å². The van der Waals surface area contributed by atoms with Crippen LogP contribution in [0.3, 0.4) is 0 Å². The van der Waals surface area contributed by atoms with Gasteiger partial charge in [0.15, 0.2) is 5.16 Å². The minimum absolute atomic E-state index is 0.0287. The van der Waals surface area contributed by atoms with Gasteiger partial charge in [-0.05, 0) is 30.2 Å². The number of amides is 1. The van der Waals surface area contributed by atoms with Crippen molar-refractivity contribution in [3.63, 3.8) is 0 Å². The summed E-state index contributed by atoms with van der Waals surface area (Å²) in [5.41, 5.74) is 2.86. The van der Waals surface area contributed by atoms with Crippen LogP contribution in [-0.4, -0.2) is 60.6 Å². The number of anilines is 1. The molecule has 0 unspecified atom stereocenters. The van der Waals surface area contributed by atoms with Crippen molar-refractivity contribution < 1.29 is 14.4 Å². The van der Waals surface area contributed by atoms with Crippen molar-refractivity contribution in [2.24, 2.45) is 0 Å². The molecular formula is C25H29N4O3S+. The van der Waals surface area contributed by atoms with Gasteiger partial charge in [-0.15, -0.1) is 0 Å². The summed E-state index contributed by atoms with van der Waals surface area (Å²) < 4.78 is 7.21. The van der Waals surface area contributed by atoms with E-state index < -0.39 is 0 Å². The first-order valence-electron chi connectivity index (χ1n) is 11.6. The van der Waals surface area contributed by atoms with Gasteiger partial charge in [-0.25, -0.2) is 4.98 Å². The maximum absolute atomic E-state index is 13.3. The van der Waals surface area contributed by atoms with Crippen LogP contribution >= 0.6 is 11.8 Å². The molecule has 172 valence electrons. The third kappa shape index (κ3) is 4.83. The number of morpholine rings is 1. The van der Waals surface area contributed by atoms with E-state index in [1.807, 2.05) is 47.4 Å². The summed E-state index contributed by atoms with van der Waals surface area (Å²) in [4.78, 5) is 34.5. The number of rotatable bonds is 7. The van der Waals surface area contributed by atoms with E-state index >= 15 is 0 Å². The van der Waals surface area contributed by atoms with Crippen molar-refractivity contribution in [3.8, 4) is 0 Å². The Kier molecular flexibility index (Phi) is 6.75. The third-order valence-electron chi connectivity index (χ3n) is 6.45. The van der Waals surface area contributed by atoms with Crippen LogP contribution in [0.25, 0.3) is 10.9 Å². The number of ether oxygens (including phenoxy) is 1. The molecule has 7 nitrogen and oxygen atoms in total. The Morgan fingerprint density at radius 3 is 2.76 bits per heavy atom. The van der Waals surface area contributed by atoms with Crippen molar-refractivity contribution in [1.82, 2.24) is 9.55 Å². The first-order chi connectivity index (χ1) is 16.2. The molecule has 1 N–H and O–H groups in total. The highest BCUT2D eigenvalue weighted by atomic mass is 32.2. The Balaban J connectivity index is 1.33. The smallest absolute Gasteiger partial charge is 0.262 e. The Morgan fingerprint density at radius 2 is 1.88 bits per heavy atom. The van der Waals surface area contributed by atoms with Crippen LogP contribution in [0.2, 0.25) is 0 Å². The number of fused-ring (bicyclic) bond motifs is 2. The number of carbonyl (C=O) groups excluding carboxylic acids is 1. The predicted molar refractivity (Wildman–Crippen MR) is 130 cm³/mol. The monoisotopic (exact) mass is 465 g/mol. The highest BCUT2D eigenvalue weighted by Crippen LogP contribution is 2.28. The molecule has 0 spiro atoms. The number of thioether (sulfide) groups is 1. The molecule has 33 heavy (non-hydrogen) atoms. The van der Waals surface area contributed by atoms with Gasteiger partial charge >= 0.3 is 0 Å². The number of hydrogen-bond donors (Lipinski definition) is 1. The van der Waals surface area contributed by atoms with E-state index in [1.165, 1.54) is 22.2 Å². The van der Waals surface area contributed by atoms with E-state index in [-0.39, 0.29) is 17.2 Å². The fourth-order valence-electron chi connectivity index (χ4n) is 4.65. The molecule has 1 amide bonds. The van der Waals surface area contributed by atoms with Gasteiger partial charge in [0.1, 0.15) is 13.1 Å². The summed E-state index contributed by atoms with van der Waals surface area (Å²) >= 11 is 1.37. The molecule has 8 heteroatoms. The fourth-order valence-corrected chi connectivity index (χ4v) is 5.56. The van der Waals surface area contributed by atoms with E-state index in [9.17, 15) is 9.59 Å². The summed E-state index contributed by atoms with van der Waals surface area (Å²) in [5.74, 6) is 0.310. The van der Waals surface area contributed by atoms with E-state index in [0.29, 0.717) is 29.1 Å². The zero-order chi connectivity index (χ0) is 22.6. The predicted octanol–water partition coefficient (Wildman–Crippen LogP) is 1.38. The van der Waals surface area contributed by atoms with Crippen molar-refractivity contribution in [2.75, 3.05) is 50.0 Å². The molecule has 3 aromatic rings. The van der Waals surface area contributed by atoms with Crippen molar-refractivity contribution in [3.05, 3.63) is 64.4 Å². The summed E-state index contributed by atoms with van der Waals surface area (Å²) in [7, 11) is 0. The van der Waals surface area contributed by atoms with Crippen molar-refractivity contribution >= 4 is 34.3 Å². The average molecular weight is 466 g/mol. The van der Waals surface area contributed by atoms with Crippen LogP contribution in [0.1, 0.15) is 12.0 Å². The van der Waals surface area contributed by atoms with Crippen molar-refractivity contribution in [2.45, 2.75) is 24.5 Å². The lowest BCUT2D eigenvalue weighted by atomic mass is 10.2. The molecule has 0 aliphatic carbocycles. The van der Waals surface area contributed by atoms with Crippen molar-refractivity contribution in [1.29, 1.82) is 0 Å². The van der Waals surface area contributed by atoms with Crippen LogP contribution in [0.15, 0.2) is 58.5 Å². The zero-order valence-corrected chi connectivity index (χ0v) is 19.5. The maximum atomic E-state index is 13.3. The molecule has 3 heterocycles. The van der Waals surface area contributed by atoms with Crippen LogP contribution in [0.4, 0.5) is 5.69 Å². The lowest BCUT2D eigenvalue weighted by Gasteiger charge is -2.24. The van der Waals surface area contributed by atoms with Gasteiger partial charge in [0.05, 0.1) is 36.4 Å². The second kappa shape index (κ2) is 10.1. The Morgan fingerprint density at radius 1 is 1.09 bits per heavy atom. The van der Waals surface area contributed by atoms with E-state index in [4.69, 9.17) is 9.72 Å². The number of hydrogen-bond acceptors (Lipinski definition) is 5. The molecular weight excluding hydrogens is 436 g/mol. The molecule has 1 fully saturated rings. The molecule has 1 aromatic heterocycles. The number of aromatic nitrogens is 2. The van der Waals surface area contributed by atoms with Gasteiger partial charge in [0.2, 0.25) is 5.91 Å². The average Bonchev–Trinajstić information content (AvgIpc) is 3.29. The Bertz CT molecular complexity index is 1210. The Labute approximate surface area is 197 Å². The van der Waals surface area contributed by atoms with Gasteiger partial charge in [0.25, 0.3) is 5.56 Å². The minimum atomic E-state index is -0.0287. The van der Waals surface area contributed by atoms with Gasteiger partial charge in [0, 0.05) is 25.2 Å². The lowest BCUT2D eigenvalue weighted by molar-refractivity contribution is -0.908. The summed E-state index contributed by atoms with van der Waals surface area (Å²) in [6, 6.07) is 15.5. The summed E-state index contributed by atoms with van der Waals surface area (Å²) in [5, 5.41) is 1.25. The quantitative estimate of drug-likeness (QED) is 0.422. The molecule has 0 saturated carbocycles. The molecule has 1 saturated heterocycles. The molecule has 2 aliphatic heterocycles. The lowest BCUT2D eigenvalue weighted by Crippen LogP contribution is -3.14. The topological polar surface area (TPSA) is 68.9 Å². The van der Waals surface area contributed by atoms with Gasteiger partial charge < -0.3 is 14.5 Å². The number of nitrogens with one attached hydrogen (secondary N) is 1. The SMILES string of the molecule is O=C(CSc1nc2ccccc2c(=O)n1CCC[NH+]1CCOCC1)N1CCc2ccccc21. The third-order valence-corrected chi connectivity index (χ3v) is 7.41. The van der Waals surface area contributed by atoms with Gasteiger partial charge in [-0.3, -0.25) is 14.2 Å². The number of para-hydroxylation sites is 2. The van der Waals surface area contributed by atoms with E-state index in [1.54, 1.807) is 4.57 Å². The number of quaternary nitrogens is 1. The largest absolute Gasteiger partial charge is 0.370 e. The molecule has 2 aliphatic rings. The highest BCUT2D eigenvalue weighted by Gasteiger charge is 2.25. The number of nitrogens with zero attached hydrogens (tertiary/aromatic N) is 3. The highest BCUT2D eigenvalue weighted by molar-refractivity contribution is 7.99. The standard InChI is InChI=1S/C25H28N4O3S/c30-23(28-13-10-19-6-1-4-9-22(19)28)18-33-25-26-21-8-3-2-7-20(21)24(31)29(25)12-5-11-27-14-16-32-17-15-27/h1-4,6-9H,5,10-18H2/p+1. The summed E-state index contributed by atoms with van der Waals surface area (Å²) in [6.45, 7) is 5.93. The second-order valence-corrected chi connectivity index (χ2v) is 9.49. The van der Waals surface area contributed by atoms with Crippen LogP contribution in [-0.2, 0) is 22.5 Å². The molecule has 0 atom stereocenters. The first-order valence-corrected chi connectivity index (χ1v) is 12.6. The second-order valence-electron chi connectivity index (χ2n) is 8.55. The normalized spacial score (nSPS) is 16.3. The molecule has 0 bridgehead atoms. The minimum Gasteiger partial charge on any atom is -0.370 e. The number of carbonyl (C=O) groups is 1. The number of benzene rings is 2. The zero-order valence-electron chi connectivity index (χ0n) is 18.7. The Hall–Kier alpha value is -2.68. The maximum Gasteiger partial charge on any atom is 0.262 e. The first kappa shape index (κ1) is 22.1. The van der Waals surface area contributed by atoms with E-state index in [2.05, 4.69) is 6.07 Å². The van der Waals surface area contributed by atoms with Gasteiger partial charge in [-0.1, -0.05) is 42.1 Å². The molecule has 0 radical (unpaired) electrons. The summed E-state index contributed by atoms with van der Waals surface area (Å²) in [6.07, 6.45) is 1.77.